The van der Waals surface area contributed by atoms with E-state index < -0.39 is 0 Å². The Morgan fingerprint density at radius 3 is 2.75 bits per heavy atom. The fraction of sp³-hybridized carbons (Fsp3) is 0.333. The first-order chi connectivity index (χ1) is 13.8. The molecule has 4 aromatic rings. The quantitative estimate of drug-likeness (QED) is 0.513. The molecule has 1 aromatic carbocycles. The molecule has 6 nitrogen and oxygen atoms in total. The minimum Gasteiger partial charge on any atom is -0.420 e. The summed E-state index contributed by atoms with van der Waals surface area (Å²) in [5, 5.41) is 11.9. The van der Waals surface area contributed by atoms with E-state index in [1.807, 2.05) is 30.3 Å². The summed E-state index contributed by atoms with van der Waals surface area (Å²) in [6.07, 6.45) is 5.10. The molecule has 0 bridgehead atoms. The lowest BCUT2D eigenvalue weighted by Crippen LogP contribution is -2.35. The van der Waals surface area contributed by atoms with Crippen LogP contribution in [0.2, 0.25) is 0 Å². The molecule has 1 atom stereocenters. The summed E-state index contributed by atoms with van der Waals surface area (Å²) in [4.78, 5) is 12.4. The Kier molecular flexibility index (Phi) is 3.53. The van der Waals surface area contributed by atoms with Gasteiger partial charge in [0.2, 0.25) is 11.8 Å². The Bertz CT molecular complexity index is 1130. The van der Waals surface area contributed by atoms with Gasteiger partial charge in [-0.3, -0.25) is 0 Å². The molecule has 6 rings (SSSR count). The van der Waals surface area contributed by atoms with E-state index in [4.69, 9.17) is 4.42 Å². The lowest BCUT2D eigenvalue weighted by molar-refractivity contribution is 0.352. The second kappa shape index (κ2) is 6.10. The molecule has 0 radical (unpaired) electrons. The van der Waals surface area contributed by atoms with Gasteiger partial charge in [0.25, 0.3) is 0 Å². The maximum absolute atomic E-state index is 6.02. The third-order valence-corrected chi connectivity index (χ3v) is 7.07. The van der Waals surface area contributed by atoms with E-state index in [9.17, 15) is 0 Å². The molecule has 2 aliphatic rings. The highest BCUT2D eigenvalue weighted by Gasteiger charge is 2.58. The number of thiophene rings is 1. The number of hydrogen-bond acceptors (Lipinski definition) is 7. The Labute approximate surface area is 166 Å². The number of rotatable bonds is 3. The van der Waals surface area contributed by atoms with Crippen LogP contribution in [0.3, 0.4) is 0 Å². The zero-order valence-electron chi connectivity index (χ0n) is 15.3. The van der Waals surface area contributed by atoms with E-state index in [1.165, 1.54) is 5.39 Å². The molecular weight excluding hydrogens is 370 g/mol. The first-order valence-electron chi connectivity index (χ1n) is 9.64. The SMILES string of the molecule is c1ccc(-c2nnc(C3CC34CCN(c3ncnc5sccc35)CC4)o2)cc1. The van der Waals surface area contributed by atoms with E-state index in [0.29, 0.717) is 17.2 Å². The summed E-state index contributed by atoms with van der Waals surface area (Å²) in [5.41, 5.74) is 1.30. The number of piperidine rings is 1. The number of anilines is 1. The summed E-state index contributed by atoms with van der Waals surface area (Å²) in [7, 11) is 0. The lowest BCUT2D eigenvalue weighted by Gasteiger charge is -2.33. The van der Waals surface area contributed by atoms with Crippen molar-refractivity contribution in [2.45, 2.75) is 25.2 Å². The van der Waals surface area contributed by atoms with Crippen LogP contribution in [0.4, 0.5) is 5.82 Å². The fourth-order valence-electron chi connectivity index (χ4n) is 4.52. The van der Waals surface area contributed by atoms with E-state index in [2.05, 4.69) is 36.5 Å². The molecular formula is C21H19N5OS. The van der Waals surface area contributed by atoms with Gasteiger partial charge < -0.3 is 9.32 Å². The zero-order valence-corrected chi connectivity index (χ0v) is 16.1. The number of aromatic nitrogens is 4. The normalized spacial score (nSPS) is 20.7. The maximum Gasteiger partial charge on any atom is 0.247 e. The van der Waals surface area contributed by atoms with Gasteiger partial charge in [-0.1, -0.05) is 18.2 Å². The van der Waals surface area contributed by atoms with Crippen molar-refractivity contribution < 1.29 is 4.42 Å². The van der Waals surface area contributed by atoms with Crippen molar-refractivity contribution in [2.24, 2.45) is 5.41 Å². The van der Waals surface area contributed by atoms with Crippen LogP contribution in [0, 0.1) is 5.41 Å². The van der Waals surface area contributed by atoms with Crippen molar-refractivity contribution in [2.75, 3.05) is 18.0 Å². The number of hydrogen-bond donors (Lipinski definition) is 0. The maximum atomic E-state index is 6.02. The molecule has 28 heavy (non-hydrogen) atoms. The van der Waals surface area contributed by atoms with E-state index in [1.54, 1.807) is 17.7 Å². The minimum atomic E-state index is 0.317. The van der Waals surface area contributed by atoms with Crippen LogP contribution in [0.25, 0.3) is 21.7 Å². The topological polar surface area (TPSA) is 67.9 Å². The van der Waals surface area contributed by atoms with Crippen molar-refractivity contribution in [1.82, 2.24) is 20.2 Å². The van der Waals surface area contributed by atoms with Crippen LogP contribution in [-0.2, 0) is 0 Å². The Morgan fingerprint density at radius 1 is 1.04 bits per heavy atom. The van der Waals surface area contributed by atoms with Crippen LogP contribution in [0.5, 0.6) is 0 Å². The summed E-state index contributed by atoms with van der Waals surface area (Å²) in [5.74, 6) is 2.89. The van der Waals surface area contributed by atoms with Crippen LogP contribution in [0.15, 0.2) is 52.5 Å². The molecule has 1 unspecified atom stereocenters. The number of nitrogens with zero attached hydrogens (tertiary/aromatic N) is 5. The first-order valence-corrected chi connectivity index (χ1v) is 10.5. The highest BCUT2D eigenvalue weighted by atomic mass is 32.1. The number of fused-ring (bicyclic) bond motifs is 1. The average Bonchev–Trinajstić information content (AvgIpc) is 3.13. The van der Waals surface area contributed by atoms with E-state index >= 15 is 0 Å². The highest BCUT2D eigenvalue weighted by molar-refractivity contribution is 7.16. The van der Waals surface area contributed by atoms with Crippen LogP contribution in [-0.4, -0.2) is 33.3 Å². The molecule has 2 fully saturated rings. The van der Waals surface area contributed by atoms with Crippen LogP contribution < -0.4 is 4.90 Å². The van der Waals surface area contributed by atoms with E-state index in [-0.39, 0.29) is 0 Å². The Morgan fingerprint density at radius 2 is 1.89 bits per heavy atom. The van der Waals surface area contributed by atoms with Crippen LogP contribution >= 0.6 is 11.3 Å². The van der Waals surface area contributed by atoms with Crippen molar-refractivity contribution in [3.63, 3.8) is 0 Å². The van der Waals surface area contributed by atoms with Gasteiger partial charge in [-0.25, -0.2) is 9.97 Å². The number of benzene rings is 1. The molecule has 1 saturated carbocycles. The highest BCUT2D eigenvalue weighted by Crippen LogP contribution is 2.64. The molecule has 0 N–H and O–H groups in total. The van der Waals surface area contributed by atoms with Crippen molar-refractivity contribution >= 4 is 27.4 Å². The third-order valence-electron chi connectivity index (χ3n) is 6.25. The van der Waals surface area contributed by atoms with Crippen LogP contribution in [0.1, 0.15) is 31.1 Å². The molecule has 140 valence electrons. The average molecular weight is 389 g/mol. The molecule has 1 aliphatic carbocycles. The molecule has 1 spiro atoms. The van der Waals surface area contributed by atoms with Gasteiger partial charge in [0, 0.05) is 24.6 Å². The van der Waals surface area contributed by atoms with Gasteiger partial charge >= 0.3 is 0 Å². The van der Waals surface area contributed by atoms with Gasteiger partial charge in [-0.15, -0.1) is 21.5 Å². The summed E-state index contributed by atoms with van der Waals surface area (Å²) in [6, 6.07) is 12.1. The van der Waals surface area contributed by atoms with Crippen molar-refractivity contribution in [3.05, 3.63) is 54.0 Å². The zero-order chi connectivity index (χ0) is 18.6. The molecule has 4 heterocycles. The van der Waals surface area contributed by atoms with E-state index in [0.717, 1.165) is 54.5 Å². The van der Waals surface area contributed by atoms with Gasteiger partial charge in [-0.2, -0.15) is 0 Å². The lowest BCUT2D eigenvalue weighted by atomic mass is 9.90. The standard InChI is InChI=1S/C21H19N5OS/c1-2-4-14(5-3-1)18-24-25-19(27-18)16-12-21(16)7-9-26(10-8-21)17-15-6-11-28-20(15)23-13-22-17/h1-6,11,13,16H,7-10,12H2. The summed E-state index contributed by atoms with van der Waals surface area (Å²) < 4.78 is 6.02. The Balaban J connectivity index is 1.18. The van der Waals surface area contributed by atoms with Crippen molar-refractivity contribution in [1.29, 1.82) is 0 Å². The van der Waals surface area contributed by atoms with Gasteiger partial charge in [-0.05, 0) is 48.3 Å². The summed E-state index contributed by atoms with van der Waals surface area (Å²) in [6.45, 7) is 2.02. The molecule has 1 saturated heterocycles. The molecule has 0 amide bonds. The largest absolute Gasteiger partial charge is 0.420 e. The first kappa shape index (κ1) is 16.2. The Hall–Kier alpha value is -2.80. The second-order valence-corrected chi connectivity index (χ2v) is 8.65. The summed E-state index contributed by atoms with van der Waals surface area (Å²) >= 11 is 1.67. The fourth-order valence-corrected chi connectivity index (χ4v) is 5.24. The monoisotopic (exact) mass is 389 g/mol. The smallest absolute Gasteiger partial charge is 0.247 e. The van der Waals surface area contributed by atoms with Crippen molar-refractivity contribution in [3.8, 4) is 11.5 Å². The molecule has 1 aliphatic heterocycles. The minimum absolute atomic E-state index is 0.317. The second-order valence-electron chi connectivity index (χ2n) is 7.75. The predicted octanol–water partition coefficient (Wildman–Crippen LogP) is 4.52. The van der Waals surface area contributed by atoms with Gasteiger partial charge in [0.05, 0.1) is 5.39 Å². The predicted molar refractivity (Wildman–Crippen MR) is 108 cm³/mol. The molecule has 7 heteroatoms. The van der Waals surface area contributed by atoms with Gasteiger partial charge in [0.1, 0.15) is 17.0 Å². The molecule has 3 aromatic heterocycles. The van der Waals surface area contributed by atoms with Gasteiger partial charge in [0.15, 0.2) is 0 Å². The third kappa shape index (κ3) is 2.53.